The molecule has 154 valence electrons. The van der Waals surface area contributed by atoms with E-state index < -0.39 is 0 Å². The van der Waals surface area contributed by atoms with Gasteiger partial charge in [0.2, 0.25) is 0 Å². The number of H-pyrrole nitrogens is 1. The Balaban J connectivity index is 1.82. The summed E-state index contributed by atoms with van der Waals surface area (Å²) in [6.45, 7) is 4.68. The van der Waals surface area contributed by atoms with Crippen LogP contribution in [0.15, 0.2) is 67.5 Å². The predicted molar refractivity (Wildman–Crippen MR) is 125 cm³/mol. The number of hydrogen-bond acceptors (Lipinski definition) is 4. The second-order valence-corrected chi connectivity index (χ2v) is 7.45. The van der Waals surface area contributed by atoms with Crippen LogP contribution in [0.25, 0.3) is 27.8 Å². The van der Waals surface area contributed by atoms with E-state index in [0.29, 0.717) is 11.7 Å². The van der Waals surface area contributed by atoms with Crippen LogP contribution in [0.2, 0.25) is 0 Å². The molecule has 0 amide bonds. The third-order valence-corrected chi connectivity index (χ3v) is 5.46. The van der Waals surface area contributed by atoms with Gasteiger partial charge in [-0.15, -0.1) is 0 Å². The van der Waals surface area contributed by atoms with Gasteiger partial charge in [0.25, 0.3) is 0 Å². The Kier molecular flexibility index (Phi) is 5.95. The Morgan fingerprint density at radius 2 is 2.17 bits per heavy atom. The summed E-state index contributed by atoms with van der Waals surface area (Å²) in [5.41, 5.74) is 10.1. The molecule has 4 aromatic rings. The largest absolute Gasteiger partial charge is 0.382 e. The van der Waals surface area contributed by atoms with Crippen LogP contribution in [-0.4, -0.2) is 32.9 Å². The molecule has 3 heterocycles. The van der Waals surface area contributed by atoms with Gasteiger partial charge in [0.05, 0.1) is 5.69 Å². The van der Waals surface area contributed by atoms with E-state index in [1.54, 1.807) is 6.20 Å². The Morgan fingerprint density at radius 3 is 2.97 bits per heavy atom. The SMILES string of the molecule is C=C/C=C/CCC(CCNC)c1nc(-c2cc3ccccc3[nH]2)c2c(N)nccn12. The highest BCUT2D eigenvalue weighted by Crippen LogP contribution is 2.34. The standard InChI is InChI=1S/C24H28N6/c1-3-4-5-6-9-17(12-13-26-2)24-29-21(22-23(25)27-14-15-30(22)24)20-16-18-10-7-8-11-19(18)28-20/h3-5,7-8,10-11,14-17,26,28H,1,6,9,12-13H2,2H3,(H2,25,27)/b5-4+. The second-order valence-electron chi connectivity index (χ2n) is 7.45. The minimum absolute atomic E-state index is 0.291. The Morgan fingerprint density at radius 1 is 1.30 bits per heavy atom. The fourth-order valence-electron chi connectivity index (χ4n) is 3.97. The van der Waals surface area contributed by atoms with E-state index >= 15 is 0 Å². The first kappa shape index (κ1) is 19.9. The van der Waals surface area contributed by atoms with Gasteiger partial charge in [-0.25, -0.2) is 9.97 Å². The quantitative estimate of drug-likeness (QED) is 0.356. The maximum atomic E-state index is 6.32. The van der Waals surface area contributed by atoms with Gasteiger partial charge in [-0.3, -0.25) is 4.40 Å². The van der Waals surface area contributed by atoms with Crippen LogP contribution in [0.5, 0.6) is 0 Å². The normalized spacial score (nSPS) is 12.8. The van der Waals surface area contributed by atoms with E-state index in [0.717, 1.165) is 59.4 Å². The van der Waals surface area contributed by atoms with E-state index in [1.165, 1.54) is 0 Å². The molecule has 3 aromatic heterocycles. The number of nitrogens with two attached hydrogens (primary N) is 1. The minimum Gasteiger partial charge on any atom is -0.382 e. The Labute approximate surface area is 176 Å². The monoisotopic (exact) mass is 400 g/mol. The van der Waals surface area contributed by atoms with Gasteiger partial charge < -0.3 is 16.0 Å². The molecule has 4 N–H and O–H groups in total. The molecule has 0 aliphatic heterocycles. The van der Waals surface area contributed by atoms with Crippen molar-refractivity contribution in [2.75, 3.05) is 19.3 Å². The number of aromatic amines is 1. The van der Waals surface area contributed by atoms with Gasteiger partial charge in [-0.2, -0.15) is 0 Å². The molecule has 0 fully saturated rings. The Hall–Kier alpha value is -3.38. The van der Waals surface area contributed by atoms with Crippen molar-refractivity contribution in [3.05, 3.63) is 73.4 Å². The van der Waals surface area contributed by atoms with Gasteiger partial charge in [-0.05, 0) is 45.0 Å². The average molecular weight is 401 g/mol. The number of rotatable bonds is 9. The molecule has 0 saturated carbocycles. The fraction of sp³-hybridized carbons (Fsp3) is 0.250. The third-order valence-electron chi connectivity index (χ3n) is 5.46. The number of hydrogen-bond donors (Lipinski definition) is 3. The van der Waals surface area contributed by atoms with Crippen LogP contribution in [0, 0.1) is 0 Å². The van der Waals surface area contributed by atoms with Crippen LogP contribution in [0.3, 0.4) is 0 Å². The van der Waals surface area contributed by atoms with E-state index in [9.17, 15) is 0 Å². The molecule has 6 heteroatoms. The predicted octanol–water partition coefficient (Wildman–Crippen LogP) is 4.68. The summed E-state index contributed by atoms with van der Waals surface area (Å²) in [7, 11) is 1.98. The van der Waals surface area contributed by atoms with Gasteiger partial charge in [0.1, 0.15) is 22.9 Å². The molecule has 0 radical (unpaired) electrons. The van der Waals surface area contributed by atoms with Crippen molar-refractivity contribution in [1.29, 1.82) is 0 Å². The summed E-state index contributed by atoms with van der Waals surface area (Å²) in [5, 5.41) is 4.42. The molecule has 1 atom stereocenters. The van der Waals surface area contributed by atoms with Crippen molar-refractivity contribution in [2.24, 2.45) is 0 Å². The van der Waals surface area contributed by atoms with Gasteiger partial charge in [0.15, 0.2) is 0 Å². The molecule has 0 bridgehead atoms. The molecule has 6 nitrogen and oxygen atoms in total. The van der Waals surface area contributed by atoms with Crippen LogP contribution in [0.4, 0.5) is 5.82 Å². The fourth-order valence-corrected chi connectivity index (χ4v) is 3.97. The van der Waals surface area contributed by atoms with Crippen molar-refractivity contribution in [1.82, 2.24) is 24.7 Å². The number of para-hydroxylation sites is 1. The molecule has 0 saturated heterocycles. The minimum atomic E-state index is 0.291. The van der Waals surface area contributed by atoms with E-state index in [-0.39, 0.29) is 0 Å². The molecule has 1 unspecified atom stereocenters. The number of imidazole rings is 1. The molecular formula is C24H28N6. The molecule has 0 aliphatic rings. The van der Waals surface area contributed by atoms with Crippen molar-refractivity contribution < 1.29 is 0 Å². The lowest BCUT2D eigenvalue weighted by Crippen LogP contribution is -2.14. The van der Waals surface area contributed by atoms with Gasteiger partial charge >= 0.3 is 0 Å². The van der Waals surface area contributed by atoms with E-state index in [1.807, 2.05) is 37.5 Å². The Bertz CT molecular complexity index is 1150. The topological polar surface area (TPSA) is 84.0 Å². The lowest BCUT2D eigenvalue weighted by atomic mass is 9.98. The summed E-state index contributed by atoms with van der Waals surface area (Å²) in [5.74, 6) is 1.80. The first-order chi connectivity index (χ1) is 14.7. The number of anilines is 1. The zero-order chi connectivity index (χ0) is 20.9. The number of benzene rings is 1. The number of fused-ring (bicyclic) bond motifs is 2. The maximum absolute atomic E-state index is 6.32. The number of aromatic nitrogens is 4. The zero-order valence-corrected chi connectivity index (χ0v) is 17.3. The molecule has 0 spiro atoms. The molecule has 30 heavy (non-hydrogen) atoms. The number of allylic oxidation sites excluding steroid dienone is 3. The highest BCUT2D eigenvalue weighted by atomic mass is 15.1. The van der Waals surface area contributed by atoms with Gasteiger partial charge in [-0.1, -0.05) is 43.0 Å². The average Bonchev–Trinajstić information content (AvgIpc) is 3.36. The zero-order valence-electron chi connectivity index (χ0n) is 17.3. The smallest absolute Gasteiger partial charge is 0.150 e. The molecular weight excluding hydrogens is 372 g/mol. The van der Waals surface area contributed by atoms with Crippen molar-refractivity contribution in [3.63, 3.8) is 0 Å². The summed E-state index contributed by atoms with van der Waals surface area (Å²) in [4.78, 5) is 12.9. The van der Waals surface area contributed by atoms with Crippen molar-refractivity contribution in [3.8, 4) is 11.4 Å². The van der Waals surface area contributed by atoms with Gasteiger partial charge in [0, 0.05) is 29.2 Å². The van der Waals surface area contributed by atoms with E-state index in [2.05, 4.69) is 50.5 Å². The number of nitrogens with zero attached hydrogens (tertiary/aromatic N) is 3. The summed E-state index contributed by atoms with van der Waals surface area (Å²) >= 11 is 0. The first-order valence-corrected chi connectivity index (χ1v) is 10.4. The number of nitrogens with one attached hydrogen (secondary N) is 2. The third kappa shape index (κ3) is 3.86. The summed E-state index contributed by atoms with van der Waals surface area (Å²) in [6, 6.07) is 10.4. The second kappa shape index (κ2) is 8.97. The van der Waals surface area contributed by atoms with E-state index in [4.69, 9.17) is 10.7 Å². The van der Waals surface area contributed by atoms with Crippen molar-refractivity contribution >= 4 is 22.2 Å². The summed E-state index contributed by atoms with van der Waals surface area (Å²) < 4.78 is 2.11. The van der Waals surface area contributed by atoms with Crippen LogP contribution < -0.4 is 11.1 Å². The molecule has 0 aliphatic carbocycles. The van der Waals surface area contributed by atoms with Crippen LogP contribution in [0.1, 0.15) is 31.0 Å². The lowest BCUT2D eigenvalue weighted by Gasteiger charge is -2.15. The number of nitrogen functional groups attached to an aromatic ring is 1. The summed E-state index contributed by atoms with van der Waals surface area (Å²) in [6.07, 6.45) is 12.6. The lowest BCUT2D eigenvalue weighted by molar-refractivity contribution is 0.535. The highest BCUT2D eigenvalue weighted by molar-refractivity contribution is 5.91. The molecule has 4 rings (SSSR count). The van der Waals surface area contributed by atoms with Crippen LogP contribution >= 0.6 is 0 Å². The first-order valence-electron chi connectivity index (χ1n) is 10.4. The maximum Gasteiger partial charge on any atom is 0.150 e. The van der Waals surface area contributed by atoms with Crippen molar-refractivity contribution in [2.45, 2.75) is 25.2 Å². The molecule has 1 aromatic carbocycles. The highest BCUT2D eigenvalue weighted by Gasteiger charge is 2.22. The van der Waals surface area contributed by atoms with Crippen LogP contribution in [-0.2, 0) is 0 Å².